The van der Waals surface area contributed by atoms with E-state index in [9.17, 15) is 4.79 Å². The molecule has 1 aromatic heterocycles. The zero-order valence-corrected chi connectivity index (χ0v) is 15.0. The van der Waals surface area contributed by atoms with Gasteiger partial charge in [-0.3, -0.25) is 4.79 Å². The van der Waals surface area contributed by atoms with Crippen LogP contribution in [0.3, 0.4) is 0 Å². The second-order valence-corrected chi connectivity index (χ2v) is 6.92. The summed E-state index contributed by atoms with van der Waals surface area (Å²) in [5, 5.41) is 1.94. The van der Waals surface area contributed by atoms with Crippen molar-refractivity contribution < 1.29 is 4.79 Å². The molecule has 3 rings (SSSR count). The molecule has 0 saturated carbocycles. The molecular weight excluding hydrogens is 372 g/mol. The van der Waals surface area contributed by atoms with Gasteiger partial charge in [-0.2, -0.15) is 4.99 Å². The van der Waals surface area contributed by atoms with Gasteiger partial charge in [-0.1, -0.05) is 42.0 Å². The first-order valence-electron chi connectivity index (χ1n) is 7.16. The quantitative estimate of drug-likeness (QED) is 0.656. The van der Waals surface area contributed by atoms with Gasteiger partial charge >= 0.3 is 0 Å². The van der Waals surface area contributed by atoms with Crippen molar-refractivity contribution in [3.8, 4) is 0 Å². The summed E-state index contributed by atoms with van der Waals surface area (Å²) < 4.78 is 2.75. The van der Waals surface area contributed by atoms with E-state index in [0.29, 0.717) is 16.9 Å². The number of amides is 1. The lowest BCUT2D eigenvalue weighted by Crippen LogP contribution is -2.17. The molecule has 0 saturated heterocycles. The van der Waals surface area contributed by atoms with Crippen LogP contribution in [0.15, 0.2) is 69.6 Å². The fraction of sp³-hybridized carbons (Fsp3) is 0.111. The zero-order valence-electron chi connectivity index (χ0n) is 12.6. The summed E-state index contributed by atoms with van der Waals surface area (Å²) in [5.41, 5.74) is 2.99. The van der Waals surface area contributed by atoms with Crippen LogP contribution in [0.1, 0.15) is 21.5 Å². The van der Waals surface area contributed by atoms with Gasteiger partial charge in [-0.05, 0) is 40.5 Å². The number of carbonyl (C=O) groups is 1. The van der Waals surface area contributed by atoms with Gasteiger partial charge in [0.1, 0.15) is 0 Å². The highest BCUT2D eigenvalue weighted by atomic mass is 79.9. The highest BCUT2D eigenvalue weighted by Gasteiger charge is 2.08. The van der Waals surface area contributed by atoms with E-state index in [-0.39, 0.29) is 5.91 Å². The minimum absolute atomic E-state index is 0.238. The number of thiazole rings is 1. The van der Waals surface area contributed by atoms with Gasteiger partial charge in [0.15, 0.2) is 4.80 Å². The molecule has 0 spiro atoms. The van der Waals surface area contributed by atoms with Crippen molar-refractivity contribution in [2.24, 2.45) is 4.99 Å². The number of benzene rings is 2. The minimum atomic E-state index is -0.238. The van der Waals surface area contributed by atoms with E-state index in [4.69, 9.17) is 0 Å². The van der Waals surface area contributed by atoms with Gasteiger partial charge in [0.05, 0.1) is 5.56 Å². The predicted octanol–water partition coefficient (Wildman–Crippen LogP) is 4.41. The highest BCUT2D eigenvalue weighted by molar-refractivity contribution is 9.10. The third-order valence-corrected chi connectivity index (χ3v) is 4.92. The van der Waals surface area contributed by atoms with Crippen LogP contribution in [0, 0.1) is 6.92 Å². The molecular formula is C18H15BrN2OS. The third kappa shape index (κ3) is 3.86. The summed E-state index contributed by atoms with van der Waals surface area (Å²) in [4.78, 5) is 17.4. The molecule has 3 nitrogen and oxygen atoms in total. The van der Waals surface area contributed by atoms with Crippen LogP contribution < -0.4 is 4.80 Å². The number of carbonyl (C=O) groups excluding carboxylic acids is 1. The van der Waals surface area contributed by atoms with E-state index in [1.54, 1.807) is 6.07 Å². The monoisotopic (exact) mass is 386 g/mol. The first kappa shape index (κ1) is 15.9. The maximum atomic E-state index is 12.4. The molecule has 23 heavy (non-hydrogen) atoms. The van der Waals surface area contributed by atoms with Crippen LogP contribution in [0.2, 0.25) is 0 Å². The van der Waals surface area contributed by atoms with Crippen molar-refractivity contribution in [3.63, 3.8) is 0 Å². The van der Waals surface area contributed by atoms with E-state index in [2.05, 4.69) is 52.1 Å². The van der Waals surface area contributed by atoms with Crippen molar-refractivity contribution in [2.45, 2.75) is 13.5 Å². The molecule has 3 aromatic rings. The number of hydrogen-bond donors (Lipinski definition) is 0. The fourth-order valence-electron chi connectivity index (χ4n) is 2.18. The number of aryl methyl sites for hydroxylation is 1. The number of halogens is 1. The molecule has 0 N–H and O–H groups in total. The molecule has 0 atom stereocenters. The second kappa shape index (κ2) is 7.06. The third-order valence-electron chi connectivity index (χ3n) is 3.43. The number of aromatic nitrogens is 1. The van der Waals surface area contributed by atoms with Crippen LogP contribution in [0.4, 0.5) is 0 Å². The van der Waals surface area contributed by atoms with Crippen LogP contribution in [0.25, 0.3) is 0 Å². The summed E-state index contributed by atoms with van der Waals surface area (Å²) in [5.74, 6) is -0.238. The first-order chi connectivity index (χ1) is 11.1. The van der Waals surface area contributed by atoms with Crippen molar-refractivity contribution in [2.75, 3.05) is 0 Å². The smallest absolute Gasteiger partial charge is 0.280 e. The SMILES string of the molecule is Cc1ccc(Cn2ccsc2=NC(=O)c2ccccc2Br)cc1. The van der Waals surface area contributed by atoms with Gasteiger partial charge in [0.2, 0.25) is 0 Å². The molecule has 1 amide bonds. The molecule has 0 aliphatic carbocycles. The van der Waals surface area contributed by atoms with Gasteiger partial charge in [0.25, 0.3) is 5.91 Å². The lowest BCUT2D eigenvalue weighted by atomic mass is 10.1. The Hall–Kier alpha value is -1.98. The number of nitrogens with zero attached hydrogens (tertiary/aromatic N) is 2. The maximum absolute atomic E-state index is 12.4. The number of hydrogen-bond acceptors (Lipinski definition) is 2. The Morgan fingerprint density at radius 1 is 1.17 bits per heavy atom. The van der Waals surface area contributed by atoms with Crippen LogP contribution in [-0.4, -0.2) is 10.5 Å². The summed E-state index contributed by atoms with van der Waals surface area (Å²) in [7, 11) is 0. The summed E-state index contributed by atoms with van der Waals surface area (Å²) in [6.45, 7) is 2.77. The predicted molar refractivity (Wildman–Crippen MR) is 96.6 cm³/mol. The topological polar surface area (TPSA) is 34.4 Å². The summed E-state index contributed by atoms with van der Waals surface area (Å²) >= 11 is 4.86. The fourth-order valence-corrected chi connectivity index (χ4v) is 3.36. The molecule has 116 valence electrons. The van der Waals surface area contributed by atoms with Crippen LogP contribution in [0.5, 0.6) is 0 Å². The van der Waals surface area contributed by atoms with Gasteiger partial charge in [-0.25, -0.2) is 0 Å². The Bertz CT molecular complexity index is 894. The molecule has 0 aliphatic heterocycles. The Kier molecular flexibility index (Phi) is 4.88. The summed E-state index contributed by atoms with van der Waals surface area (Å²) in [6, 6.07) is 15.7. The Balaban J connectivity index is 1.90. The van der Waals surface area contributed by atoms with Gasteiger partial charge in [0, 0.05) is 22.6 Å². The lowest BCUT2D eigenvalue weighted by Gasteiger charge is -2.04. The molecule has 0 bridgehead atoms. The van der Waals surface area contributed by atoms with Gasteiger partial charge < -0.3 is 4.57 Å². The molecule has 2 aromatic carbocycles. The molecule has 5 heteroatoms. The Morgan fingerprint density at radius 2 is 1.91 bits per heavy atom. The van der Waals surface area contributed by atoms with Crippen molar-refractivity contribution >= 4 is 33.2 Å². The van der Waals surface area contributed by atoms with E-state index in [1.807, 2.05) is 34.3 Å². The molecule has 0 radical (unpaired) electrons. The van der Waals surface area contributed by atoms with E-state index in [0.717, 1.165) is 4.47 Å². The Labute approximate surface area is 147 Å². The molecule has 0 aliphatic rings. The van der Waals surface area contributed by atoms with Crippen molar-refractivity contribution in [3.05, 3.63) is 86.1 Å². The zero-order chi connectivity index (χ0) is 16.2. The lowest BCUT2D eigenvalue weighted by molar-refractivity contribution is 0.0997. The van der Waals surface area contributed by atoms with Crippen molar-refractivity contribution in [1.82, 2.24) is 4.57 Å². The van der Waals surface area contributed by atoms with Crippen LogP contribution >= 0.6 is 27.3 Å². The van der Waals surface area contributed by atoms with Gasteiger partial charge in [-0.15, -0.1) is 11.3 Å². The molecule has 0 fully saturated rings. The normalized spacial score (nSPS) is 11.7. The van der Waals surface area contributed by atoms with E-state index >= 15 is 0 Å². The second-order valence-electron chi connectivity index (χ2n) is 5.20. The number of rotatable bonds is 3. The van der Waals surface area contributed by atoms with E-state index < -0.39 is 0 Å². The molecule has 0 unspecified atom stereocenters. The minimum Gasteiger partial charge on any atom is -0.319 e. The van der Waals surface area contributed by atoms with E-state index in [1.165, 1.54) is 22.5 Å². The van der Waals surface area contributed by atoms with Crippen LogP contribution in [-0.2, 0) is 6.54 Å². The largest absolute Gasteiger partial charge is 0.319 e. The first-order valence-corrected chi connectivity index (χ1v) is 8.84. The average molecular weight is 387 g/mol. The summed E-state index contributed by atoms with van der Waals surface area (Å²) in [6.07, 6.45) is 1.96. The Morgan fingerprint density at radius 3 is 2.65 bits per heavy atom. The van der Waals surface area contributed by atoms with Crippen molar-refractivity contribution in [1.29, 1.82) is 0 Å². The highest BCUT2D eigenvalue weighted by Crippen LogP contribution is 2.16. The average Bonchev–Trinajstić information content (AvgIpc) is 2.97. The standard InChI is InChI=1S/C18H15BrN2OS/c1-13-6-8-14(9-7-13)12-21-10-11-23-18(21)20-17(22)15-4-2-3-5-16(15)19/h2-11H,12H2,1H3. The molecule has 1 heterocycles. The maximum Gasteiger partial charge on any atom is 0.280 e.